The minimum atomic E-state index is -5.03. The fraction of sp³-hybridized carbons (Fsp3) is 0.879. The molecular weight excluding hydrogens is 733 g/mol. The van der Waals surface area contributed by atoms with Gasteiger partial charge in [-0.05, 0) is 64.2 Å². The van der Waals surface area contributed by atoms with E-state index in [2.05, 4.69) is 0 Å². The number of phosphoric acid groups is 1. The Labute approximate surface area is 296 Å². The molecule has 2 aliphatic carbocycles. The molecule has 6 saturated heterocycles. The quantitative estimate of drug-likeness (QED) is 0.142. The molecule has 0 aromatic carbocycles. The molecule has 8 heterocycles. The standard InChI is InChI=1S/C33H43F6O12P/c1-16-6-8-22-18(24(32(34,35)36)44-26-30(22)20(16)10-12-28(3,46-26)48-50-30)14-42-52(40,41-5)43-15-19-23-9-7-17(2)21-11-13-29(4)47-27(31(21,23)51-49-29)45-25(19)33(37,38)39/h16-17,20-23,26-27H,6-15H2,1-5H3/t16-,17-,20?,21?,22+,23+,26-,27-,28-,29-,30-,31-,52?/m1/s1. The first-order valence-electron chi connectivity index (χ1n) is 17.8. The maximum atomic E-state index is 14.7. The second-order valence-electron chi connectivity index (χ2n) is 15.8. The summed E-state index contributed by atoms with van der Waals surface area (Å²) < 4.78 is 141. The van der Waals surface area contributed by atoms with E-state index in [0.717, 1.165) is 7.11 Å². The van der Waals surface area contributed by atoms with E-state index in [1.807, 2.05) is 13.8 Å². The van der Waals surface area contributed by atoms with Gasteiger partial charge in [-0.1, -0.05) is 13.8 Å². The zero-order valence-electron chi connectivity index (χ0n) is 29.3. The predicted molar refractivity (Wildman–Crippen MR) is 160 cm³/mol. The van der Waals surface area contributed by atoms with Gasteiger partial charge in [0.15, 0.2) is 11.2 Å². The summed E-state index contributed by atoms with van der Waals surface area (Å²) in [6.07, 6.45) is -9.78. The van der Waals surface area contributed by atoms with Gasteiger partial charge >= 0.3 is 20.2 Å². The normalized spacial score (nSPS) is 46.8. The highest BCUT2D eigenvalue weighted by Crippen LogP contribution is 2.64. The largest absolute Gasteiger partial charge is 0.475 e. The SMILES string of the molecule is COP(=O)(OCC1=C(C(F)(F)F)O[C@@H]2O[C@@]3(C)CCC4[C@H](C)CC[C@@H]1[C@]42OO3)OCC1=C(C(F)(F)F)O[C@@H]2O[C@@]3(C)CCC4[C@H](C)CC[C@@H]1[C@]42OO3. The summed E-state index contributed by atoms with van der Waals surface area (Å²) in [6.45, 7) is 5.15. The van der Waals surface area contributed by atoms with Crippen molar-refractivity contribution in [1.82, 2.24) is 0 Å². The van der Waals surface area contributed by atoms with E-state index >= 15 is 0 Å². The molecule has 0 N–H and O–H groups in total. The second-order valence-corrected chi connectivity index (χ2v) is 17.6. The third-order valence-corrected chi connectivity index (χ3v) is 14.1. The molecule has 19 heteroatoms. The number of halogens is 6. The summed E-state index contributed by atoms with van der Waals surface area (Å²) >= 11 is 0. The van der Waals surface area contributed by atoms with Crippen LogP contribution in [0.5, 0.6) is 0 Å². The number of fused-ring (bicyclic) bond motifs is 4. The van der Waals surface area contributed by atoms with Crippen molar-refractivity contribution in [2.45, 2.75) is 127 Å². The summed E-state index contributed by atoms with van der Waals surface area (Å²) in [7, 11) is -3.94. The average molecular weight is 777 g/mol. The maximum Gasteiger partial charge on any atom is 0.475 e. The Morgan fingerprint density at radius 3 is 1.44 bits per heavy atom. The maximum absolute atomic E-state index is 14.7. The molecule has 0 aromatic heterocycles. The lowest BCUT2D eigenvalue weighted by molar-refractivity contribution is -0.557. The lowest BCUT2D eigenvalue weighted by Crippen LogP contribution is -2.67. The fourth-order valence-electron chi connectivity index (χ4n) is 10.2. The van der Waals surface area contributed by atoms with Gasteiger partial charge in [0.05, 0.1) is 13.2 Å². The van der Waals surface area contributed by atoms with Crippen molar-refractivity contribution in [1.29, 1.82) is 0 Å². The van der Waals surface area contributed by atoms with Crippen LogP contribution in [0.25, 0.3) is 0 Å². The van der Waals surface area contributed by atoms with Crippen molar-refractivity contribution in [3.63, 3.8) is 0 Å². The van der Waals surface area contributed by atoms with Gasteiger partial charge in [0.25, 0.3) is 0 Å². The molecule has 12 atom stereocenters. The molecule has 52 heavy (non-hydrogen) atoms. The second kappa shape index (κ2) is 12.3. The Morgan fingerprint density at radius 1 is 0.673 bits per heavy atom. The minimum Gasteiger partial charge on any atom is -0.456 e. The van der Waals surface area contributed by atoms with Gasteiger partial charge in [-0.25, -0.2) is 24.1 Å². The molecule has 0 radical (unpaired) electrons. The topological polar surface area (TPSA) is 119 Å². The lowest BCUT2D eigenvalue weighted by Gasteiger charge is -2.57. The van der Waals surface area contributed by atoms with E-state index in [1.165, 1.54) is 0 Å². The van der Waals surface area contributed by atoms with E-state index < -0.39 is 103 Å². The van der Waals surface area contributed by atoms with Crippen molar-refractivity contribution in [3.8, 4) is 0 Å². The van der Waals surface area contributed by atoms with Crippen molar-refractivity contribution in [3.05, 3.63) is 22.7 Å². The number of ether oxygens (including phenoxy) is 4. The Kier molecular flexibility index (Phi) is 8.83. The van der Waals surface area contributed by atoms with Crippen LogP contribution in [-0.2, 0) is 56.6 Å². The van der Waals surface area contributed by atoms with Crippen molar-refractivity contribution in [2.24, 2.45) is 35.5 Å². The summed E-state index contributed by atoms with van der Waals surface area (Å²) in [6, 6.07) is 0. The van der Waals surface area contributed by atoms with Gasteiger partial charge in [-0.15, -0.1) is 0 Å². The number of rotatable bonds is 7. The van der Waals surface area contributed by atoms with Gasteiger partial charge in [-0.3, -0.25) is 13.6 Å². The summed E-state index contributed by atoms with van der Waals surface area (Å²) in [5, 5.41) is 0. The monoisotopic (exact) mass is 776 g/mol. The molecule has 8 fully saturated rings. The zero-order chi connectivity index (χ0) is 37.3. The fourth-order valence-corrected chi connectivity index (χ4v) is 11.1. The van der Waals surface area contributed by atoms with Crippen LogP contribution in [0.15, 0.2) is 22.7 Å². The molecule has 8 aliphatic heterocycles. The average Bonchev–Trinajstić information content (AvgIpc) is 3.45. The first kappa shape index (κ1) is 37.5. The molecule has 10 aliphatic rings. The van der Waals surface area contributed by atoms with Crippen LogP contribution in [0, 0.1) is 35.5 Å². The van der Waals surface area contributed by atoms with Gasteiger partial charge in [-0.2, -0.15) is 26.3 Å². The predicted octanol–water partition coefficient (Wildman–Crippen LogP) is 7.90. The van der Waals surface area contributed by atoms with Crippen LogP contribution in [-0.4, -0.2) is 68.0 Å². The molecule has 12 nitrogen and oxygen atoms in total. The van der Waals surface area contributed by atoms with Crippen LogP contribution in [0.2, 0.25) is 0 Å². The van der Waals surface area contributed by atoms with Gasteiger partial charge in [0, 0.05) is 54.8 Å². The molecule has 10 rings (SSSR count). The van der Waals surface area contributed by atoms with Crippen molar-refractivity contribution >= 4 is 7.82 Å². The lowest BCUT2D eigenvalue weighted by atomic mass is 9.59. The highest BCUT2D eigenvalue weighted by atomic mass is 31.2. The van der Waals surface area contributed by atoms with Gasteiger partial charge in [0.1, 0.15) is 0 Å². The van der Waals surface area contributed by atoms with Gasteiger partial charge < -0.3 is 18.9 Å². The van der Waals surface area contributed by atoms with Crippen LogP contribution in [0.4, 0.5) is 26.3 Å². The number of phosphoric ester groups is 1. The highest BCUT2D eigenvalue weighted by molar-refractivity contribution is 7.48. The van der Waals surface area contributed by atoms with Crippen molar-refractivity contribution < 1.29 is 83.0 Å². The number of allylic oxidation sites excluding steroid dienone is 2. The third-order valence-electron chi connectivity index (χ3n) is 12.8. The minimum absolute atomic E-state index is 0.0133. The zero-order valence-corrected chi connectivity index (χ0v) is 30.2. The molecular formula is C33H43F6O12P. The summed E-state index contributed by atoms with van der Waals surface area (Å²) in [5.41, 5.74) is -3.80. The molecule has 4 bridgehead atoms. The Bertz CT molecular complexity index is 1460. The van der Waals surface area contributed by atoms with Crippen LogP contribution < -0.4 is 0 Å². The molecule has 0 aromatic rings. The molecule has 294 valence electrons. The van der Waals surface area contributed by atoms with Crippen LogP contribution in [0.1, 0.15) is 79.1 Å². The molecule has 2 spiro atoms. The number of hydrogen-bond donors (Lipinski definition) is 0. The summed E-state index contributed by atoms with van der Waals surface area (Å²) in [4.78, 5) is 23.2. The third kappa shape index (κ3) is 5.63. The van der Waals surface area contributed by atoms with Crippen LogP contribution in [0.3, 0.4) is 0 Å². The smallest absolute Gasteiger partial charge is 0.456 e. The molecule has 2 saturated carbocycles. The number of alkyl halides is 6. The van der Waals surface area contributed by atoms with E-state index in [-0.39, 0.29) is 36.5 Å². The Hall–Kier alpha value is -1.47. The van der Waals surface area contributed by atoms with E-state index in [1.54, 1.807) is 13.8 Å². The van der Waals surface area contributed by atoms with Gasteiger partial charge in [0.2, 0.25) is 35.7 Å². The first-order valence-corrected chi connectivity index (χ1v) is 19.2. The molecule has 2 unspecified atom stereocenters. The van der Waals surface area contributed by atoms with Crippen molar-refractivity contribution in [2.75, 3.05) is 20.3 Å². The Morgan fingerprint density at radius 2 is 1.08 bits per heavy atom. The van der Waals surface area contributed by atoms with E-state index in [4.69, 9.17) is 52.1 Å². The Balaban J connectivity index is 1.10. The van der Waals surface area contributed by atoms with E-state index in [9.17, 15) is 30.9 Å². The van der Waals surface area contributed by atoms with Crippen LogP contribution >= 0.6 is 7.82 Å². The van der Waals surface area contributed by atoms with E-state index in [0.29, 0.717) is 38.5 Å². The summed E-state index contributed by atoms with van der Waals surface area (Å²) in [5.74, 6) is -8.09. The highest BCUT2D eigenvalue weighted by Gasteiger charge is 2.72. The number of hydrogen-bond acceptors (Lipinski definition) is 12. The first-order chi connectivity index (χ1) is 24.3. The molecule has 0 amide bonds.